The van der Waals surface area contributed by atoms with E-state index in [2.05, 4.69) is 10.6 Å². The predicted molar refractivity (Wildman–Crippen MR) is 67.5 cm³/mol. The van der Waals surface area contributed by atoms with Crippen LogP contribution in [0.15, 0.2) is 18.2 Å². The Morgan fingerprint density at radius 3 is 2.41 bits per heavy atom. The molecule has 5 nitrogen and oxygen atoms in total. The average Bonchev–Trinajstić information content (AvgIpc) is 2.21. The van der Waals surface area contributed by atoms with Gasteiger partial charge in [0.2, 0.25) is 0 Å². The van der Waals surface area contributed by atoms with E-state index in [1.165, 1.54) is 0 Å². The molecule has 4 N–H and O–H groups in total. The fourth-order valence-electron chi connectivity index (χ4n) is 1.30. The molecule has 1 rings (SSSR count). The lowest BCUT2D eigenvalue weighted by atomic mass is 10.2. The quantitative estimate of drug-likeness (QED) is 0.529. The Morgan fingerprint density at radius 2 is 1.88 bits per heavy atom. The van der Waals surface area contributed by atoms with E-state index >= 15 is 0 Å². The lowest BCUT2D eigenvalue weighted by Gasteiger charge is -2.10. The van der Waals surface area contributed by atoms with Crippen LogP contribution < -0.4 is 16.4 Å². The summed E-state index contributed by atoms with van der Waals surface area (Å²) in [7, 11) is 0. The first-order valence-electron chi connectivity index (χ1n) is 5.38. The van der Waals surface area contributed by atoms with Crippen LogP contribution in [-0.4, -0.2) is 17.9 Å². The largest absolute Gasteiger partial charge is 0.397 e. The van der Waals surface area contributed by atoms with E-state index < -0.39 is 11.8 Å². The van der Waals surface area contributed by atoms with Gasteiger partial charge < -0.3 is 16.4 Å². The molecule has 0 aliphatic heterocycles. The minimum atomic E-state index is -0.714. The number of hydrogen-bond donors (Lipinski definition) is 3. The van der Waals surface area contributed by atoms with Gasteiger partial charge in [0, 0.05) is 6.04 Å². The van der Waals surface area contributed by atoms with Crippen LogP contribution in [0.25, 0.3) is 0 Å². The van der Waals surface area contributed by atoms with E-state index in [0.29, 0.717) is 11.4 Å². The minimum Gasteiger partial charge on any atom is -0.397 e. The third kappa shape index (κ3) is 3.79. The van der Waals surface area contributed by atoms with Gasteiger partial charge in [0.1, 0.15) is 0 Å². The lowest BCUT2D eigenvalue weighted by molar-refractivity contribution is -0.136. The highest BCUT2D eigenvalue weighted by atomic mass is 16.2. The number of nitrogens with two attached hydrogens (primary N) is 1. The molecular weight excluding hydrogens is 218 g/mol. The molecular formula is C12H17N3O2. The second-order valence-corrected chi connectivity index (χ2v) is 4.17. The summed E-state index contributed by atoms with van der Waals surface area (Å²) in [6.07, 6.45) is 0. The van der Waals surface area contributed by atoms with Crippen molar-refractivity contribution in [1.82, 2.24) is 5.32 Å². The number of carbonyl (C=O) groups excluding carboxylic acids is 2. The number of hydrogen-bond acceptors (Lipinski definition) is 3. The molecule has 0 aliphatic rings. The standard InChI is InChI=1S/C12H17N3O2/c1-7(2)14-11(16)12(17)15-10-5-4-8(3)6-9(10)13/h4-7H,13H2,1-3H3,(H,14,16)(H,15,17). The maximum absolute atomic E-state index is 11.5. The Kier molecular flexibility index (Phi) is 4.09. The van der Waals surface area contributed by atoms with Crippen LogP contribution in [0.3, 0.4) is 0 Å². The van der Waals surface area contributed by atoms with E-state index in [0.717, 1.165) is 5.56 Å². The van der Waals surface area contributed by atoms with Crippen LogP contribution in [0.4, 0.5) is 11.4 Å². The molecule has 0 saturated carbocycles. The van der Waals surface area contributed by atoms with Crippen LogP contribution in [0.1, 0.15) is 19.4 Å². The molecule has 0 unspecified atom stereocenters. The zero-order valence-corrected chi connectivity index (χ0v) is 10.2. The van der Waals surface area contributed by atoms with E-state index in [9.17, 15) is 9.59 Å². The van der Waals surface area contributed by atoms with Gasteiger partial charge in [-0.1, -0.05) is 6.07 Å². The van der Waals surface area contributed by atoms with Crippen LogP contribution in [0.2, 0.25) is 0 Å². The number of rotatable bonds is 2. The molecule has 0 heterocycles. The number of carbonyl (C=O) groups is 2. The molecule has 1 aromatic carbocycles. The molecule has 2 amide bonds. The minimum absolute atomic E-state index is 0.0800. The lowest BCUT2D eigenvalue weighted by Crippen LogP contribution is -2.39. The average molecular weight is 235 g/mol. The van der Waals surface area contributed by atoms with Crippen LogP contribution in [-0.2, 0) is 9.59 Å². The third-order valence-electron chi connectivity index (χ3n) is 2.08. The van der Waals surface area contributed by atoms with Crippen LogP contribution in [0, 0.1) is 6.92 Å². The normalized spacial score (nSPS) is 10.1. The summed E-state index contributed by atoms with van der Waals surface area (Å²) in [6, 6.07) is 5.14. The number of aryl methyl sites for hydroxylation is 1. The Balaban J connectivity index is 2.71. The molecule has 0 radical (unpaired) electrons. The monoisotopic (exact) mass is 235 g/mol. The van der Waals surface area contributed by atoms with Crippen LogP contribution >= 0.6 is 0 Å². The highest BCUT2D eigenvalue weighted by molar-refractivity contribution is 6.40. The van der Waals surface area contributed by atoms with Gasteiger partial charge >= 0.3 is 11.8 Å². The van der Waals surface area contributed by atoms with E-state index in [-0.39, 0.29) is 6.04 Å². The molecule has 17 heavy (non-hydrogen) atoms. The Bertz CT molecular complexity index is 441. The number of nitrogen functional groups attached to an aromatic ring is 1. The first-order valence-corrected chi connectivity index (χ1v) is 5.38. The fraction of sp³-hybridized carbons (Fsp3) is 0.333. The fourth-order valence-corrected chi connectivity index (χ4v) is 1.30. The molecule has 0 aromatic heterocycles. The zero-order valence-electron chi connectivity index (χ0n) is 10.2. The van der Waals surface area contributed by atoms with Gasteiger partial charge in [-0.3, -0.25) is 9.59 Å². The van der Waals surface area contributed by atoms with E-state index in [1.807, 2.05) is 13.0 Å². The zero-order chi connectivity index (χ0) is 13.0. The van der Waals surface area contributed by atoms with Gasteiger partial charge in [0.25, 0.3) is 0 Å². The summed E-state index contributed by atoms with van der Waals surface area (Å²) in [5.74, 6) is -1.38. The summed E-state index contributed by atoms with van der Waals surface area (Å²) in [5, 5.41) is 4.97. The Hall–Kier alpha value is -2.04. The number of nitrogens with one attached hydrogen (secondary N) is 2. The summed E-state index contributed by atoms with van der Waals surface area (Å²) in [4.78, 5) is 22.9. The maximum Gasteiger partial charge on any atom is 0.313 e. The molecule has 92 valence electrons. The summed E-state index contributed by atoms with van der Waals surface area (Å²) >= 11 is 0. The number of amides is 2. The van der Waals surface area contributed by atoms with Crippen molar-refractivity contribution in [3.05, 3.63) is 23.8 Å². The molecule has 0 saturated heterocycles. The van der Waals surface area contributed by atoms with Crippen molar-refractivity contribution in [3.8, 4) is 0 Å². The topological polar surface area (TPSA) is 84.2 Å². The van der Waals surface area contributed by atoms with Crippen molar-refractivity contribution < 1.29 is 9.59 Å². The van der Waals surface area contributed by atoms with Gasteiger partial charge in [0.05, 0.1) is 11.4 Å². The second kappa shape index (κ2) is 5.34. The van der Waals surface area contributed by atoms with Crippen molar-refractivity contribution in [1.29, 1.82) is 0 Å². The van der Waals surface area contributed by atoms with Gasteiger partial charge in [0.15, 0.2) is 0 Å². The maximum atomic E-state index is 11.5. The second-order valence-electron chi connectivity index (χ2n) is 4.17. The van der Waals surface area contributed by atoms with E-state index in [4.69, 9.17) is 5.73 Å². The third-order valence-corrected chi connectivity index (χ3v) is 2.08. The highest BCUT2D eigenvalue weighted by Gasteiger charge is 2.15. The first-order chi connectivity index (χ1) is 7.90. The smallest absolute Gasteiger partial charge is 0.313 e. The molecule has 0 fully saturated rings. The molecule has 0 spiro atoms. The van der Waals surface area contributed by atoms with E-state index in [1.54, 1.807) is 26.0 Å². The summed E-state index contributed by atoms with van der Waals surface area (Å²) in [6.45, 7) is 5.46. The van der Waals surface area contributed by atoms with Crippen molar-refractivity contribution in [2.45, 2.75) is 26.8 Å². The van der Waals surface area contributed by atoms with Crippen molar-refractivity contribution in [2.24, 2.45) is 0 Å². The predicted octanol–water partition coefficient (Wildman–Crippen LogP) is 1.04. The van der Waals surface area contributed by atoms with Crippen LogP contribution in [0.5, 0.6) is 0 Å². The Labute approximate surface area is 100 Å². The van der Waals surface area contributed by atoms with Gasteiger partial charge in [-0.05, 0) is 38.5 Å². The number of anilines is 2. The molecule has 0 atom stereocenters. The van der Waals surface area contributed by atoms with Gasteiger partial charge in [-0.25, -0.2) is 0 Å². The van der Waals surface area contributed by atoms with Gasteiger partial charge in [-0.2, -0.15) is 0 Å². The van der Waals surface area contributed by atoms with Crippen molar-refractivity contribution >= 4 is 23.2 Å². The van der Waals surface area contributed by atoms with Gasteiger partial charge in [-0.15, -0.1) is 0 Å². The summed E-state index contributed by atoms with van der Waals surface area (Å²) in [5.41, 5.74) is 7.60. The molecule has 1 aromatic rings. The summed E-state index contributed by atoms with van der Waals surface area (Å²) < 4.78 is 0. The highest BCUT2D eigenvalue weighted by Crippen LogP contribution is 2.19. The first kappa shape index (κ1) is 13.0. The Morgan fingerprint density at radius 1 is 1.24 bits per heavy atom. The molecule has 0 bridgehead atoms. The number of benzene rings is 1. The van der Waals surface area contributed by atoms with Crippen molar-refractivity contribution in [3.63, 3.8) is 0 Å². The molecule has 5 heteroatoms. The molecule has 0 aliphatic carbocycles. The van der Waals surface area contributed by atoms with Crippen molar-refractivity contribution in [2.75, 3.05) is 11.1 Å². The SMILES string of the molecule is Cc1ccc(NC(=O)C(=O)NC(C)C)c(N)c1.